The molecule has 1 aromatic carbocycles. The Balaban J connectivity index is 1.97. The molecule has 2 heterocycles. The fourth-order valence-electron chi connectivity index (χ4n) is 2.95. The van der Waals surface area contributed by atoms with Crippen molar-refractivity contribution in [3.8, 4) is 11.6 Å². The molecule has 0 unspecified atom stereocenters. The van der Waals surface area contributed by atoms with Gasteiger partial charge in [0.15, 0.2) is 0 Å². The largest absolute Gasteiger partial charge is 0.467 e. The van der Waals surface area contributed by atoms with Crippen LogP contribution in [0.5, 0.6) is 11.6 Å². The number of nitrogens with zero attached hydrogens (tertiary/aromatic N) is 4. The molecule has 3 aromatic rings. The van der Waals surface area contributed by atoms with E-state index in [1.165, 1.54) is 35.4 Å². The number of nitro groups is 1. The number of hydrogen-bond acceptors (Lipinski definition) is 10. The Hall–Kier alpha value is -4.48. The number of primary amides is 1. The molecule has 3 rings (SSSR count). The minimum atomic E-state index is -0.679. The third-order valence-corrected chi connectivity index (χ3v) is 4.40. The Kier molecular flexibility index (Phi) is 7.52. The highest BCUT2D eigenvalue weighted by Gasteiger charge is 2.30. The molecule has 0 aliphatic heterocycles. The zero-order valence-electron chi connectivity index (χ0n) is 17.7. The molecule has 0 atom stereocenters. The second kappa shape index (κ2) is 10.7. The second-order valence-electron chi connectivity index (χ2n) is 6.66. The highest BCUT2D eigenvalue weighted by atomic mass is 16.6. The number of ether oxygens (including phenoxy) is 2. The number of carbonyl (C=O) groups is 2. The van der Waals surface area contributed by atoms with Crippen LogP contribution in [0.25, 0.3) is 0 Å². The number of rotatable bonds is 11. The fourth-order valence-corrected chi connectivity index (χ4v) is 2.95. The maximum absolute atomic E-state index is 12.0. The van der Waals surface area contributed by atoms with E-state index in [0.29, 0.717) is 5.76 Å². The predicted molar refractivity (Wildman–Crippen MR) is 115 cm³/mol. The van der Waals surface area contributed by atoms with Gasteiger partial charge in [-0.3, -0.25) is 19.7 Å². The lowest BCUT2D eigenvalue weighted by atomic mass is 10.2. The summed E-state index contributed by atoms with van der Waals surface area (Å²) in [5.41, 5.74) is 4.93. The summed E-state index contributed by atoms with van der Waals surface area (Å²) in [7, 11) is 0. The van der Waals surface area contributed by atoms with Gasteiger partial charge >= 0.3 is 17.5 Å². The Morgan fingerprint density at radius 1 is 1.24 bits per heavy atom. The van der Waals surface area contributed by atoms with Crippen molar-refractivity contribution < 1.29 is 28.4 Å². The molecule has 172 valence electrons. The lowest BCUT2D eigenvalue weighted by Gasteiger charge is -2.22. The number of amides is 1. The third kappa shape index (κ3) is 6.03. The molecule has 33 heavy (non-hydrogen) atoms. The maximum atomic E-state index is 12.0. The van der Waals surface area contributed by atoms with Gasteiger partial charge in [0.05, 0.1) is 30.8 Å². The van der Waals surface area contributed by atoms with Gasteiger partial charge in [-0.05, 0) is 37.3 Å². The topological polar surface area (TPSA) is 164 Å². The van der Waals surface area contributed by atoms with Crippen LogP contribution in [0, 0.1) is 10.1 Å². The lowest BCUT2D eigenvalue weighted by Crippen LogP contribution is -2.28. The van der Waals surface area contributed by atoms with Crippen LogP contribution >= 0.6 is 0 Å². The molecule has 0 saturated heterocycles. The average Bonchev–Trinajstić information content (AvgIpc) is 3.30. The standard InChI is InChI=1S/C21H21N5O7/c1-2-31-17(27)8-9-25(12-16-7-4-10-32-16)20-18(26(29)30)21(24-13-23-20)33-15-6-3-5-14(11-15)19(22)28/h3-7,10-11,13H,2,8-9,12H2,1H3,(H2,22,28). The predicted octanol–water partition coefficient (Wildman–Crippen LogP) is 2.83. The number of benzene rings is 1. The number of carbonyl (C=O) groups excluding carboxylic acids is 2. The minimum Gasteiger partial charge on any atom is -0.467 e. The van der Waals surface area contributed by atoms with Gasteiger partial charge in [-0.2, -0.15) is 4.98 Å². The smallest absolute Gasteiger partial charge is 0.373 e. The van der Waals surface area contributed by atoms with Crippen LogP contribution in [0.1, 0.15) is 29.5 Å². The normalized spacial score (nSPS) is 10.5. The van der Waals surface area contributed by atoms with Gasteiger partial charge in [0.1, 0.15) is 17.8 Å². The van der Waals surface area contributed by atoms with Gasteiger partial charge in [-0.15, -0.1) is 0 Å². The quantitative estimate of drug-likeness (QED) is 0.258. The van der Waals surface area contributed by atoms with Gasteiger partial charge in [0, 0.05) is 12.1 Å². The van der Waals surface area contributed by atoms with E-state index in [4.69, 9.17) is 19.6 Å². The van der Waals surface area contributed by atoms with Crippen LogP contribution < -0.4 is 15.4 Å². The SMILES string of the molecule is CCOC(=O)CCN(Cc1ccco1)c1ncnc(Oc2cccc(C(N)=O)c2)c1[N+](=O)[O-]. The van der Waals surface area contributed by atoms with Crippen molar-refractivity contribution in [1.29, 1.82) is 0 Å². The summed E-state index contributed by atoms with van der Waals surface area (Å²) in [4.78, 5) is 44.1. The molecule has 0 aliphatic rings. The molecule has 0 saturated carbocycles. The molecular weight excluding hydrogens is 434 g/mol. The van der Waals surface area contributed by atoms with Crippen molar-refractivity contribution in [2.24, 2.45) is 5.73 Å². The highest BCUT2D eigenvalue weighted by molar-refractivity contribution is 5.93. The Morgan fingerprint density at radius 2 is 2.06 bits per heavy atom. The van der Waals surface area contributed by atoms with Gasteiger partial charge in [0.25, 0.3) is 0 Å². The van der Waals surface area contributed by atoms with Gasteiger partial charge < -0.3 is 24.5 Å². The molecule has 0 aliphatic carbocycles. The van der Waals surface area contributed by atoms with Crippen LogP contribution in [0.3, 0.4) is 0 Å². The first-order valence-corrected chi connectivity index (χ1v) is 9.89. The number of nitrogens with two attached hydrogens (primary N) is 1. The summed E-state index contributed by atoms with van der Waals surface area (Å²) in [5.74, 6) is -0.921. The van der Waals surface area contributed by atoms with Gasteiger partial charge in [0.2, 0.25) is 11.7 Å². The molecule has 12 heteroatoms. The van der Waals surface area contributed by atoms with Crippen molar-refractivity contribution in [2.75, 3.05) is 18.1 Å². The zero-order valence-corrected chi connectivity index (χ0v) is 17.7. The molecule has 12 nitrogen and oxygen atoms in total. The fraction of sp³-hybridized carbons (Fsp3) is 0.238. The number of furan rings is 1. The number of esters is 1. The van der Waals surface area contributed by atoms with Crippen molar-refractivity contribution >= 4 is 23.4 Å². The van der Waals surface area contributed by atoms with E-state index in [2.05, 4.69) is 9.97 Å². The maximum Gasteiger partial charge on any atom is 0.373 e. The first kappa shape index (κ1) is 23.2. The molecule has 2 aromatic heterocycles. The third-order valence-electron chi connectivity index (χ3n) is 4.40. The van der Waals surface area contributed by atoms with Crippen LogP contribution in [-0.4, -0.2) is 39.9 Å². The second-order valence-corrected chi connectivity index (χ2v) is 6.66. The number of hydrogen-bond donors (Lipinski definition) is 1. The van der Waals surface area contributed by atoms with E-state index >= 15 is 0 Å². The summed E-state index contributed by atoms with van der Waals surface area (Å²) in [6.07, 6.45) is 2.54. The minimum absolute atomic E-state index is 0.0352. The van der Waals surface area contributed by atoms with E-state index in [1.807, 2.05) is 0 Å². The van der Waals surface area contributed by atoms with Crippen LogP contribution in [0.15, 0.2) is 53.4 Å². The van der Waals surface area contributed by atoms with Gasteiger partial charge in [-0.25, -0.2) is 4.98 Å². The lowest BCUT2D eigenvalue weighted by molar-refractivity contribution is -0.385. The van der Waals surface area contributed by atoms with E-state index in [1.54, 1.807) is 19.1 Å². The number of aromatic nitrogens is 2. The summed E-state index contributed by atoms with van der Waals surface area (Å²) in [6.45, 7) is 2.06. The molecule has 0 bridgehead atoms. The summed E-state index contributed by atoms with van der Waals surface area (Å²) in [5, 5.41) is 12.0. The van der Waals surface area contributed by atoms with Crippen LogP contribution in [0.2, 0.25) is 0 Å². The Bertz CT molecular complexity index is 1130. The first-order chi connectivity index (χ1) is 15.9. The van der Waals surface area contributed by atoms with E-state index < -0.39 is 22.5 Å². The van der Waals surface area contributed by atoms with E-state index in [0.717, 1.165) is 6.33 Å². The first-order valence-electron chi connectivity index (χ1n) is 9.89. The molecule has 2 N–H and O–H groups in total. The average molecular weight is 455 g/mol. The summed E-state index contributed by atoms with van der Waals surface area (Å²) < 4.78 is 15.9. The van der Waals surface area contributed by atoms with Crippen LogP contribution in [-0.2, 0) is 16.1 Å². The van der Waals surface area contributed by atoms with Crippen LogP contribution in [0.4, 0.5) is 11.5 Å². The van der Waals surface area contributed by atoms with Crippen molar-refractivity contribution in [3.63, 3.8) is 0 Å². The Morgan fingerprint density at radius 3 is 2.73 bits per heavy atom. The Labute approximate surface area is 188 Å². The number of anilines is 1. The summed E-state index contributed by atoms with van der Waals surface area (Å²) >= 11 is 0. The van der Waals surface area contributed by atoms with Crippen molar-refractivity contribution in [2.45, 2.75) is 19.9 Å². The zero-order chi connectivity index (χ0) is 23.8. The molecule has 0 spiro atoms. The van der Waals surface area contributed by atoms with Crippen molar-refractivity contribution in [1.82, 2.24) is 9.97 Å². The molecule has 1 amide bonds. The van der Waals surface area contributed by atoms with Gasteiger partial charge in [-0.1, -0.05) is 6.07 Å². The molecule has 0 fully saturated rings. The molecule has 0 radical (unpaired) electrons. The summed E-state index contributed by atoms with van der Waals surface area (Å²) in [6, 6.07) is 9.21. The highest BCUT2D eigenvalue weighted by Crippen LogP contribution is 2.36. The van der Waals surface area contributed by atoms with Crippen molar-refractivity contribution in [3.05, 3.63) is 70.4 Å². The molecular formula is C21H21N5O7. The van der Waals surface area contributed by atoms with E-state index in [-0.39, 0.29) is 49.1 Å². The monoisotopic (exact) mass is 455 g/mol. The van der Waals surface area contributed by atoms with E-state index in [9.17, 15) is 19.7 Å².